The molecule has 2 fully saturated rings. The quantitative estimate of drug-likeness (QED) is 0.164. The van der Waals surface area contributed by atoms with E-state index < -0.39 is 0 Å². The van der Waals surface area contributed by atoms with Crippen LogP contribution in [0, 0.1) is 17.8 Å². The van der Waals surface area contributed by atoms with Crippen LogP contribution in [-0.2, 0) is 4.79 Å². The Balaban J connectivity index is 1.21. The van der Waals surface area contributed by atoms with Crippen molar-refractivity contribution in [2.45, 2.75) is 122 Å². The number of nitrogens with zero attached hydrogens (tertiary/aromatic N) is 2. The van der Waals surface area contributed by atoms with Crippen molar-refractivity contribution in [1.82, 2.24) is 9.97 Å². The van der Waals surface area contributed by atoms with Crippen molar-refractivity contribution in [1.29, 1.82) is 0 Å². The summed E-state index contributed by atoms with van der Waals surface area (Å²) in [6, 6.07) is 7.66. The van der Waals surface area contributed by atoms with Gasteiger partial charge in [0.2, 0.25) is 0 Å². The highest BCUT2D eigenvalue weighted by Crippen LogP contribution is 2.38. The van der Waals surface area contributed by atoms with Crippen LogP contribution < -0.4 is 4.74 Å². The van der Waals surface area contributed by atoms with Gasteiger partial charge in [-0.05, 0) is 98.9 Å². The number of aromatic nitrogens is 2. The number of rotatable bonds is 12. The number of benzene rings is 1. The van der Waals surface area contributed by atoms with Crippen LogP contribution in [0.1, 0.15) is 128 Å². The topological polar surface area (TPSA) is 52.1 Å². The Bertz CT molecular complexity index is 924. The first kappa shape index (κ1) is 27.8. The second-order valence-electron chi connectivity index (χ2n) is 11.7. The van der Waals surface area contributed by atoms with Gasteiger partial charge in [0.05, 0.1) is 5.92 Å². The molecule has 0 radical (unpaired) electrons. The molecule has 0 atom stereocenters. The molecule has 2 aromatic rings. The number of hydrogen-bond acceptors (Lipinski definition) is 4. The maximum Gasteiger partial charge on any atom is 0.314 e. The van der Waals surface area contributed by atoms with Crippen LogP contribution in [0.3, 0.4) is 0 Å². The molecule has 1 heterocycles. The summed E-state index contributed by atoms with van der Waals surface area (Å²) < 4.78 is 5.71. The zero-order valence-corrected chi connectivity index (χ0v) is 23.3. The molecule has 1 aromatic heterocycles. The molecule has 37 heavy (non-hydrogen) atoms. The van der Waals surface area contributed by atoms with Crippen molar-refractivity contribution in [3.8, 4) is 17.1 Å². The van der Waals surface area contributed by atoms with Crippen LogP contribution in [-0.4, -0.2) is 15.9 Å². The molecule has 0 N–H and O–H groups in total. The number of hydrogen-bond donors (Lipinski definition) is 0. The summed E-state index contributed by atoms with van der Waals surface area (Å²) in [5.41, 5.74) is 2.24. The maximum atomic E-state index is 12.6. The van der Waals surface area contributed by atoms with Gasteiger partial charge in [0.1, 0.15) is 5.75 Å². The zero-order valence-electron chi connectivity index (χ0n) is 23.3. The van der Waals surface area contributed by atoms with Gasteiger partial charge in [-0.15, -0.1) is 0 Å². The van der Waals surface area contributed by atoms with E-state index in [1.165, 1.54) is 82.6 Å². The molecule has 2 aliphatic carbocycles. The van der Waals surface area contributed by atoms with Gasteiger partial charge in [0, 0.05) is 18.0 Å². The van der Waals surface area contributed by atoms with Gasteiger partial charge in [0.25, 0.3) is 0 Å². The summed E-state index contributed by atoms with van der Waals surface area (Å²) in [5, 5.41) is 0. The number of ether oxygens (including phenoxy) is 1. The highest BCUT2D eigenvalue weighted by Gasteiger charge is 2.27. The number of unbranched alkanes of at least 4 members (excludes halogenated alkanes) is 4. The summed E-state index contributed by atoms with van der Waals surface area (Å²) in [6.45, 7) is 4.53. The molecule has 4 rings (SSSR count). The minimum Gasteiger partial charge on any atom is -0.426 e. The summed E-state index contributed by atoms with van der Waals surface area (Å²) >= 11 is 0. The van der Waals surface area contributed by atoms with Gasteiger partial charge in [-0.25, -0.2) is 9.97 Å². The molecule has 202 valence electrons. The Labute approximate surface area is 225 Å². The molecule has 0 spiro atoms. The van der Waals surface area contributed by atoms with Gasteiger partial charge >= 0.3 is 5.97 Å². The summed E-state index contributed by atoms with van der Waals surface area (Å²) in [4.78, 5) is 22.0. The standard InChI is InChI=1S/C33H48N2O2/c1-3-5-6-7-8-10-26-11-15-27(16-12-26)30-23-34-32(35-24-30)28-19-21-31(22-20-28)37-33(36)29-17-13-25(9-4-2)14-18-29/h19-27,29H,3-18H2,1-2H3/t25?,26-,27-,29?. The number of carbonyl (C=O) groups is 1. The molecule has 0 saturated heterocycles. The average molecular weight is 505 g/mol. The van der Waals surface area contributed by atoms with Crippen LogP contribution >= 0.6 is 0 Å². The van der Waals surface area contributed by atoms with Gasteiger partial charge in [-0.3, -0.25) is 4.79 Å². The highest BCUT2D eigenvalue weighted by atomic mass is 16.5. The predicted molar refractivity (Wildman–Crippen MR) is 152 cm³/mol. The molecule has 0 aliphatic heterocycles. The Morgan fingerprint density at radius 1 is 0.757 bits per heavy atom. The summed E-state index contributed by atoms with van der Waals surface area (Å²) in [7, 11) is 0. The predicted octanol–water partition coefficient (Wildman–Crippen LogP) is 9.29. The van der Waals surface area contributed by atoms with Crippen LogP contribution in [0.2, 0.25) is 0 Å². The molecule has 2 aliphatic rings. The minimum atomic E-state index is -0.0745. The first-order valence-electron chi connectivity index (χ1n) is 15.3. The fourth-order valence-electron chi connectivity index (χ4n) is 6.49. The molecule has 2 saturated carbocycles. The molecular formula is C33H48N2O2. The van der Waals surface area contributed by atoms with Crippen LogP contribution in [0.4, 0.5) is 0 Å². The molecule has 0 amide bonds. The lowest BCUT2D eigenvalue weighted by Gasteiger charge is -2.28. The van der Waals surface area contributed by atoms with Crippen molar-refractivity contribution < 1.29 is 9.53 Å². The van der Waals surface area contributed by atoms with E-state index in [-0.39, 0.29) is 11.9 Å². The molecule has 0 unspecified atom stereocenters. The summed E-state index contributed by atoms with van der Waals surface area (Å²) in [5.74, 6) is 3.63. The normalized spacial score (nSPS) is 24.1. The van der Waals surface area contributed by atoms with Crippen molar-refractivity contribution in [3.63, 3.8) is 0 Å². The molecule has 0 bridgehead atoms. The fourth-order valence-corrected chi connectivity index (χ4v) is 6.49. The smallest absolute Gasteiger partial charge is 0.314 e. The van der Waals surface area contributed by atoms with E-state index in [0.29, 0.717) is 11.7 Å². The van der Waals surface area contributed by atoms with Gasteiger partial charge in [-0.1, -0.05) is 65.2 Å². The molecular weight excluding hydrogens is 456 g/mol. The lowest BCUT2D eigenvalue weighted by atomic mass is 9.77. The fraction of sp³-hybridized carbons (Fsp3) is 0.667. The Morgan fingerprint density at radius 2 is 1.38 bits per heavy atom. The SMILES string of the molecule is CCCCCCC[C@H]1CC[C@H](c2cnc(-c3ccc(OC(=O)C4CCC(CCC)CC4)cc3)nc2)CC1. The van der Waals surface area contributed by atoms with E-state index in [9.17, 15) is 4.79 Å². The largest absolute Gasteiger partial charge is 0.426 e. The van der Waals surface area contributed by atoms with E-state index in [1.54, 1.807) is 0 Å². The van der Waals surface area contributed by atoms with Crippen molar-refractivity contribution in [2.75, 3.05) is 0 Å². The van der Waals surface area contributed by atoms with E-state index in [4.69, 9.17) is 4.74 Å². The van der Waals surface area contributed by atoms with Crippen LogP contribution in [0.5, 0.6) is 5.75 Å². The highest BCUT2D eigenvalue weighted by molar-refractivity contribution is 5.75. The van der Waals surface area contributed by atoms with Crippen LogP contribution in [0.15, 0.2) is 36.7 Å². The Kier molecular flexibility index (Phi) is 11.0. The van der Waals surface area contributed by atoms with Gasteiger partial charge in [0.15, 0.2) is 5.82 Å². The average Bonchev–Trinajstić information content (AvgIpc) is 2.94. The first-order valence-corrected chi connectivity index (χ1v) is 15.3. The van der Waals surface area contributed by atoms with Gasteiger partial charge < -0.3 is 4.74 Å². The van der Waals surface area contributed by atoms with Crippen molar-refractivity contribution in [2.24, 2.45) is 17.8 Å². The third-order valence-electron chi connectivity index (χ3n) is 8.91. The molecule has 4 heteroatoms. The number of esters is 1. The van der Waals surface area contributed by atoms with E-state index in [0.717, 1.165) is 48.9 Å². The lowest BCUT2D eigenvalue weighted by molar-refractivity contribution is -0.140. The van der Waals surface area contributed by atoms with Crippen molar-refractivity contribution >= 4 is 5.97 Å². The van der Waals surface area contributed by atoms with E-state index >= 15 is 0 Å². The second kappa shape index (κ2) is 14.6. The van der Waals surface area contributed by atoms with Crippen LogP contribution in [0.25, 0.3) is 11.4 Å². The lowest BCUT2D eigenvalue weighted by Crippen LogP contribution is -2.25. The second-order valence-corrected chi connectivity index (χ2v) is 11.7. The Morgan fingerprint density at radius 3 is 2.03 bits per heavy atom. The third kappa shape index (κ3) is 8.38. The first-order chi connectivity index (χ1) is 18.2. The summed E-state index contributed by atoms with van der Waals surface area (Å²) in [6.07, 6.45) is 24.4. The number of carbonyl (C=O) groups excluding carboxylic acids is 1. The third-order valence-corrected chi connectivity index (χ3v) is 8.91. The van der Waals surface area contributed by atoms with E-state index in [1.807, 2.05) is 36.7 Å². The zero-order chi connectivity index (χ0) is 25.9. The Hall–Kier alpha value is -2.23. The molecule has 4 nitrogen and oxygen atoms in total. The monoisotopic (exact) mass is 504 g/mol. The van der Waals surface area contributed by atoms with Gasteiger partial charge in [-0.2, -0.15) is 0 Å². The maximum absolute atomic E-state index is 12.6. The molecule has 1 aromatic carbocycles. The van der Waals surface area contributed by atoms with E-state index in [2.05, 4.69) is 23.8 Å². The van der Waals surface area contributed by atoms with Crippen molar-refractivity contribution in [3.05, 3.63) is 42.2 Å². The minimum absolute atomic E-state index is 0.0459.